The second kappa shape index (κ2) is 36.5. The molecule has 3 radical (unpaired) electrons. The summed E-state index contributed by atoms with van der Waals surface area (Å²) in [6.07, 6.45) is 4.12. The number of benzene rings is 4. The van der Waals surface area contributed by atoms with E-state index in [1.165, 1.54) is 47.6 Å². The maximum Gasteiger partial charge on any atom is 0.379 e. The summed E-state index contributed by atoms with van der Waals surface area (Å²) in [5.41, 5.74) is 25.2. The molecule has 4 aromatic carbocycles. The van der Waals surface area contributed by atoms with Crippen LogP contribution in [0, 0.1) is 17.5 Å². The predicted octanol–water partition coefficient (Wildman–Crippen LogP) is 9.15. The molecule has 1 saturated heterocycles. The number of phenolic OH excluding ortho intramolecular Hbond substituents is 1. The molecule has 437 valence electrons. The molecule has 0 saturated carbocycles. The zero-order chi connectivity index (χ0) is 59.8. The second-order valence-corrected chi connectivity index (χ2v) is 16.4. The maximum atomic E-state index is 14.7. The zero-order valence-corrected chi connectivity index (χ0v) is 45.6. The van der Waals surface area contributed by atoms with Crippen LogP contribution in [0.15, 0.2) is 107 Å². The predicted molar refractivity (Wildman–Crippen MR) is 300 cm³/mol. The second-order valence-electron chi connectivity index (χ2n) is 16.4. The van der Waals surface area contributed by atoms with Crippen molar-refractivity contribution in [3.05, 3.63) is 157 Å². The van der Waals surface area contributed by atoms with Gasteiger partial charge < -0.3 is 58.3 Å². The van der Waals surface area contributed by atoms with Gasteiger partial charge >= 0.3 is 5.97 Å². The van der Waals surface area contributed by atoms with Crippen LogP contribution in [0.1, 0.15) is 44.9 Å². The third kappa shape index (κ3) is 19.8. The van der Waals surface area contributed by atoms with Crippen molar-refractivity contribution >= 4 is 70.5 Å². The Bertz CT molecular complexity index is 3360. The van der Waals surface area contributed by atoms with Gasteiger partial charge in [0.1, 0.15) is 47.9 Å². The van der Waals surface area contributed by atoms with Crippen LogP contribution in [-0.2, 0) is 28.5 Å². The number of aromatic amines is 3. The fraction of sp³-hybridized carbons (Fsp3) is 0.340. The number of piperazine rings is 1. The third-order valence-electron chi connectivity index (χ3n) is 11.3. The number of ether oxygens (including phenoxy) is 6. The van der Waals surface area contributed by atoms with Crippen molar-refractivity contribution in [2.75, 3.05) is 106 Å². The molecular formula is C53H59BF3N14O12. The van der Waals surface area contributed by atoms with Crippen LogP contribution in [0.2, 0.25) is 0 Å². The van der Waals surface area contributed by atoms with Crippen LogP contribution >= 0.6 is 0 Å². The highest BCUT2D eigenvalue weighted by Gasteiger charge is 2.31. The van der Waals surface area contributed by atoms with E-state index in [0.717, 1.165) is 19.8 Å². The average molecular weight is 1150 g/mol. The maximum absolute atomic E-state index is 14.7. The normalized spacial score (nSPS) is 11.2. The summed E-state index contributed by atoms with van der Waals surface area (Å²) in [6.45, 7) is 7.75. The van der Waals surface area contributed by atoms with Crippen LogP contribution in [-0.4, -0.2) is 174 Å². The molecule has 3 aromatic heterocycles. The lowest BCUT2D eigenvalue weighted by Crippen LogP contribution is -2.52. The summed E-state index contributed by atoms with van der Waals surface area (Å²) in [6, 6.07) is 18.1. The summed E-state index contributed by atoms with van der Waals surface area (Å²) < 4.78 is 72.2. The Labute approximate surface area is 474 Å². The number of halogens is 3. The number of methoxy groups -OCH3 is 2. The smallest absolute Gasteiger partial charge is 0.379 e. The van der Waals surface area contributed by atoms with Gasteiger partial charge in [0, 0.05) is 112 Å². The van der Waals surface area contributed by atoms with Gasteiger partial charge in [-0.3, -0.25) is 19.2 Å². The molecule has 26 nitrogen and oxygen atoms in total. The minimum atomic E-state index is -1.08. The van der Waals surface area contributed by atoms with E-state index in [2.05, 4.69) is 54.5 Å². The average Bonchev–Trinajstić information content (AvgIpc) is 4.53. The van der Waals surface area contributed by atoms with Crippen molar-refractivity contribution in [3.8, 4) is 17.2 Å². The van der Waals surface area contributed by atoms with Gasteiger partial charge in [0.2, 0.25) is 0 Å². The highest BCUT2D eigenvalue weighted by atomic mass is 19.1. The molecule has 0 aliphatic carbocycles. The number of amides is 2. The standard InChI is InChI=1S/C25H25FN6O5.C15H15FN4O5.C8H6FNO.C3H8O.C2H5N3.B/c26-19-6-7-20(37-15-14-36-13-8-29-30-27)22-21(19)18(16-28-22)23(33)25(35)32-11-9-31(10-12-32)24(34)17-4-2-1-3-5-17;1-23-15(22)14(21)9-8-18-13-11(3-2-10(16)12(9)13)25-7-6-24-5-4-19-20-17;9-6-1-2-7(11)8-5(6)3-4-10-8;1-3-4-2;1-2-4-5-3;/h1-7,16,28H,8-15H2;2-3,8,18H,4-7H2,1H3;1-4,10-11H;3H2,1-2H3;2H2,1H3;. The van der Waals surface area contributed by atoms with Crippen molar-refractivity contribution < 1.29 is 70.7 Å². The third-order valence-corrected chi connectivity index (χ3v) is 11.3. The number of nitrogens with one attached hydrogen (secondary N) is 3. The Morgan fingerprint density at radius 3 is 1.57 bits per heavy atom. The molecule has 1 aliphatic rings. The number of rotatable bonds is 21. The van der Waals surface area contributed by atoms with E-state index >= 15 is 0 Å². The lowest BCUT2D eigenvalue weighted by Gasteiger charge is -2.34. The first-order valence-corrected chi connectivity index (χ1v) is 25.0. The molecule has 0 bridgehead atoms. The van der Waals surface area contributed by atoms with E-state index in [1.54, 1.807) is 55.5 Å². The number of hydrogen-bond acceptors (Lipinski definition) is 15. The lowest BCUT2D eigenvalue weighted by atomic mass is 10.1. The molecule has 7 aromatic rings. The molecular weight excluding hydrogens is 1090 g/mol. The molecule has 30 heteroatoms. The fourth-order valence-corrected chi connectivity index (χ4v) is 7.39. The largest absolute Gasteiger partial charge is 0.506 e. The van der Waals surface area contributed by atoms with E-state index in [0.29, 0.717) is 34.5 Å². The monoisotopic (exact) mass is 1150 g/mol. The first-order valence-electron chi connectivity index (χ1n) is 25.0. The number of aromatic hydroxyl groups is 1. The zero-order valence-electron chi connectivity index (χ0n) is 45.6. The number of aromatic nitrogens is 3. The Balaban J connectivity index is 0.000000334. The number of Topliss-reactive ketones (excluding diaryl/α,β-unsaturated/α-hetero) is 2. The van der Waals surface area contributed by atoms with Crippen molar-refractivity contribution in [2.24, 2.45) is 15.3 Å². The number of azide groups is 3. The Morgan fingerprint density at radius 1 is 0.614 bits per heavy atom. The van der Waals surface area contributed by atoms with E-state index in [1.807, 2.05) is 13.0 Å². The molecule has 0 atom stereocenters. The van der Waals surface area contributed by atoms with Crippen molar-refractivity contribution in [3.63, 3.8) is 0 Å². The van der Waals surface area contributed by atoms with Gasteiger partial charge in [-0.15, -0.1) is 0 Å². The van der Waals surface area contributed by atoms with Crippen molar-refractivity contribution in [2.45, 2.75) is 13.8 Å². The van der Waals surface area contributed by atoms with Gasteiger partial charge in [0.05, 0.1) is 72.0 Å². The van der Waals surface area contributed by atoms with E-state index in [-0.39, 0.29) is 138 Å². The Morgan fingerprint density at radius 2 is 1.11 bits per heavy atom. The minimum Gasteiger partial charge on any atom is -0.506 e. The highest BCUT2D eigenvalue weighted by molar-refractivity contribution is 6.45. The van der Waals surface area contributed by atoms with Crippen LogP contribution in [0.3, 0.4) is 0 Å². The lowest BCUT2D eigenvalue weighted by molar-refractivity contribution is -0.135. The fourth-order valence-electron chi connectivity index (χ4n) is 7.39. The molecule has 0 unspecified atom stereocenters. The van der Waals surface area contributed by atoms with Gasteiger partial charge in [-0.25, -0.2) is 18.0 Å². The summed E-state index contributed by atoms with van der Waals surface area (Å²) in [5.74, 6) is -4.74. The number of carbonyl (C=O) groups is 5. The van der Waals surface area contributed by atoms with Crippen molar-refractivity contribution in [1.82, 2.24) is 24.8 Å². The number of phenols is 1. The van der Waals surface area contributed by atoms with Crippen LogP contribution in [0.5, 0.6) is 17.2 Å². The summed E-state index contributed by atoms with van der Waals surface area (Å²) >= 11 is 0. The van der Waals surface area contributed by atoms with E-state index < -0.39 is 35.1 Å². The molecule has 4 N–H and O–H groups in total. The molecule has 0 spiro atoms. The Hall–Kier alpha value is -9.69. The number of fused-ring (bicyclic) bond motifs is 3. The molecule has 8 rings (SSSR count). The molecule has 1 aliphatic heterocycles. The molecule has 2 amide bonds. The van der Waals surface area contributed by atoms with Crippen LogP contribution in [0.4, 0.5) is 13.2 Å². The molecule has 4 heterocycles. The van der Waals surface area contributed by atoms with Gasteiger partial charge in [0.15, 0.2) is 0 Å². The van der Waals surface area contributed by atoms with Crippen LogP contribution in [0.25, 0.3) is 64.0 Å². The first-order chi connectivity index (χ1) is 39.7. The van der Waals surface area contributed by atoms with E-state index in [4.69, 9.17) is 35.5 Å². The number of hydrogen-bond donors (Lipinski definition) is 4. The number of H-pyrrole nitrogens is 3. The first kappa shape index (κ1) is 67.6. The number of esters is 1. The summed E-state index contributed by atoms with van der Waals surface area (Å²) in [7, 11) is 2.75. The van der Waals surface area contributed by atoms with Gasteiger partial charge in [0.25, 0.3) is 23.4 Å². The highest BCUT2D eigenvalue weighted by Crippen LogP contribution is 2.32. The minimum absolute atomic E-state index is 0. The van der Waals surface area contributed by atoms with E-state index in [9.17, 15) is 42.3 Å². The van der Waals surface area contributed by atoms with Crippen LogP contribution < -0.4 is 9.47 Å². The number of nitrogens with zero attached hydrogens (tertiary/aromatic N) is 11. The topological polar surface area (TPSA) is 361 Å². The molecule has 1 fully saturated rings. The van der Waals surface area contributed by atoms with Gasteiger partial charge in [-0.05, 0) is 78.1 Å². The summed E-state index contributed by atoms with van der Waals surface area (Å²) in [5, 5.41) is 19.4. The van der Waals surface area contributed by atoms with Gasteiger partial charge in [-0.2, -0.15) is 0 Å². The molecule has 83 heavy (non-hydrogen) atoms. The number of carbonyl (C=O) groups excluding carboxylic acids is 5. The Kier molecular flexibility index (Phi) is 29.8. The summed E-state index contributed by atoms with van der Waals surface area (Å²) in [4.78, 5) is 81.0. The SMILES string of the molecule is CCN=[N+]=[N-].CCOC.COC(=O)C(=O)c1c[nH]c2c(OCCOCCN=[N+]=[N-])ccc(F)c12.Oc1ccc(F)c2cc[nH]c12.[B].[N-]=[N+]=NCCOCCOc1ccc(F)c2c(C(=O)C(=O)N3CCN(C(=O)c4ccccc4)CC3)c[nH]c12. The quantitative estimate of drug-likeness (QED) is 0.00764. The number of ketones is 2. The van der Waals surface area contributed by atoms with Gasteiger partial charge in [-0.1, -0.05) is 40.5 Å². The van der Waals surface area contributed by atoms with Crippen molar-refractivity contribution in [1.29, 1.82) is 0 Å².